The third-order valence-electron chi connectivity index (χ3n) is 4.93. The molecular formula is C19H18ClN9O. The normalized spacial score (nSPS) is 14.0. The van der Waals surface area contributed by atoms with Crippen molar-refractivity contribution < 1.29 is 4.42 Å². The highest BCUT2D eigenvalue weighted by Gasteiger charge is 2.33. The van der Waals surface area contributed by atoms with E-state index in [1.54, 1.807) is 12.4 Å². The van der Waals surface area contributed by atoms with Gasteiger partial charge in [0, 0.05) is 49.2 Å². The van der Waals surface area contributed by atoms with Gasteiger partial charge >= 0.3 is 6.01 Å². The highest BCUT2D eigenvalue weighted by molar-refractivity contribution is 6.30. The SMILES string of the molecule is Clc1ccc(CCNc2ncc(-c3nnc(N4CC(c5c[nH]nn5)C4)o3)cn2)cc1. The van der Waals surface area contributed by atoms with Gasteiger partial charge in [0.15, 0.2) is 0 Å². The molecule has 0 saturated carbocycles. The summed E-state index contributed by atoms with van der Waals surface area (Å²) in [6.45, 7) is 2.25. The van der Waals surface area contributed by atoms with Crippen LogP contribution in [0.5, 0.6) is 0 Å². The largest absolute Gasteiger partial charge is 0.403 e. The van der Waals surface area contributed by atoms with E-state index in [1.807, 2.05) is 35.4 Å². The molecule has 10 nitrogen and oxygen atoms in total. The first kappa shape index (κ1) is 18.5. The molecule has 1 saturated heterocycles. The lowest BCUT2D eigenvalue weighted by atomic mass is 9.98. The molecule has 0 radical (unpaired) electrons. The molecule has 4 aromatic rings. The second kappa shape index (κ2) is 8.07. The number of halogens is 1. The van der Waals surface area contributed by atoms with Crippen molar-refractivity contribution in [2.24, 2.45) is 0 Å². The predicted octanol–water partition coefficient (Wildman–Crippen LogP) is 2.56. The van der Waals surface area contributed by atoms with Gasteiger partial charge in [0.05, 0.1) is 11.3 Å². The van der Waals surface area contributed by atoms with Gasteiger partial charge in [-0.15, -0.1) is 10.2 Å². The van der Waals surface area contributed by atoms with Gasteiger partial charge in [-0.2, -0.15) is 0 Å². The zero-order valence-corrected chi connectivity index (χ0v) is 16.6. The first-order valence-electron chi connectivity index (χ1n) is 9.50. The molecule has 0 atom stereocenters. The average molecular weight is 424 g/mol. The summed E-state index contributed by atoms with van der Waals surface area (Å²) in [7, 11) is 0. The van der Waals surface area contributed by atoms with Gasteiger partial charge in [-0.05, 0) is 24.1 Å². The summed E-state index contributed by atoms with van der Waals surface area (Å²) < 4.78 is 5.78. The Kier molecular flexibility index (Phi) is 4.98. The second-order valence-electron chi connectivity index (χ2n) is 6.99. The number of anilines is 2. The Morgan fingerprint density at radius 1 is 1.10 bits per heavy atom. The zero-order valence-electron chi connectivity index (χ0n) is 15.9. The molecular weight excluding hydrogens is 406 g/mol. The van der Waals surface area contributed by atoms with Crippen LogP contribution in [0.2, 0.25) is 5.02 Å². The summed E-state index contributed by atoms with van der Waals surface area (Å²) in [4.78, 5) is 10.7. The van der Waals surface area contributed by atoms with Gasteiger partial charge < -0.3 is 14.6 Å². The Balaban J connectivity index is 1.15. The van der Waals surface area contributed by atoms with E-state index in [-0.39, 0.29) is 0 Å². The first-order valence-corrected chi connectivity index (χ1v) is 9.88. The molecule has 152 valence electrons. The lowest BCUT2D eigenvalue weighted by Crippen LogP contribution is -2.45. The van der Waals surface area contributed by atoms with Crippen LogP contribution in [-0.4, -0.2) is 55.2 Å². The van der Waals surface area contributed by atoms with E-state index in [0.29, 0.717) is 35.9 Å². The minimum absolute atomic E-state index is 0.320. The topological polar surface area (TPSA) is 122 Å². The lowest BCUT2D eigenvalue weighted by Gasteiger charge is -2.36. The van der Waals surface area contributed by atoms with Crippen molar-refractivity contribution in [2.75, 3.05) is 29.9 Å². The number of aromatic nitrogens is 7. The van der Waals surface area contributed by atoms with Gasteiger partial charge in [-0.1, -0.05) is 34.0 Å². The Morgan fingerprint density at radius 3 is 2.63 bits per heavy atom. The number of H-pyrrole nitrogens is 1. The van der Waals surface area contributed by atoms with E-state index in [4.69, 9.17) is 16.0 Å². The fourth-order valence-corrected chi connectivity index (χ4v) is 3.32. The molecule has 4 heterocycles. The molecule has 5 rings (SSSR count). The van der Waals surface area contributed by atoms with E-state index < -0.39 is 0 Å². The maximum Gasteiger partial charge on any atom is 0.318 e. The molecule has 0 spiro atoms. The summed E-state index contributed by atoms with van der Waals surface area (Å²) in [5.74, 6) is 1.26. The summed E-state index contributed by atoms with van der Waals surface area (Å²) in [5, 5.41) is 22.7. The van der Waals surface area contributed by atoms with Crippen molar-refractivity contribution in [1.29, 1.82) is 0 Å². The standard InChI is InChI=1S/C19H18ClN9O/c20-15-3-1-12(2-4-15)5-6-21-18-22-7-13(8-23-18)17-26-27-19(30-17)29-10-14(11-29)16-9-24-28-25-16/h1-4,7-9,14H,5-6,10-11H2,(H,21,22,23)(H,24,25,28). The van der Waals surface area contributed by atoms with Crippen LogP contribution in [0, 0.1) is 0 Å². The van der Waals surface area contributed by atoms with Crippen molar-refractivity contribution >= 4 is 23.6 Å². The number of hydrogen-bond acceptors (Lipinski definition) is 9. The number of benzene rings is 1. The average Bonchev–Trinajstić information content (AvgIpc) is 3.42. The molecule has 0 aliphatic carbocycles. The Morgan fingerprint density at radius 2 is 1.90 bits per heavy atom. The Labute approximate surface area is 176 Å². The van der Waals surface area contributed by atoms with Crippen LogP contribution in [0.25, 0.3) is 11.5 Å². The minimum Gasteiger partial charge on any atom is -0.403 e. The third kappa shape index (κ3) is 3.94. The fourth-order valence-electron chi connectivity index (χ4n) is 3.19. The van der Waals surface area contributed by atoms with Crippen LogP contribution in [0.4, 0.5) is 12.0 Å². The van der Waals surface area contributed by atoms with Crippen LogP contribution in [0.15, 0.2) is 47.3 Å². The molecule has 1 fully saturated rings. The minimum atomic E-state index is 0.320. The number of rotatable bonds is 7. The van der Waals surface area contributed by atoms with E-state index >= 15 is 0 Å². The quantitative estimate of drug-likeness (QED) is 0.461. The van der Waals surface area contributed by atoms with E-state index in [1.165, 1.54) is 5.56 Å². The summed E-state index contributed by atoms with van der Waals surface area (Å²) in [5.41, 5.74) is 2.81. The van der Waals surface area contributed by atoms with Crippen LogP contribution < -0.4 is 10.2 Å². The van der Waals surface area contributed by atoms with Gasteiger partial charge in [-0.25, -0.2) is 9.97 Å². The highest BCUT2D eigenvalue weighted by atomic mass is 35.5. The number of nitrogens with one attached hydrogen (secondary N) is 2. The van der Waals surface area contributed by atoms with Crippen molar-refractivity contribution in [3.63, 3.8) is 0 Å². The molecule has 1 aromatic carbocycles. The van der Waals surface area contributed by atoms with Crippen molar-refractivity contribution in [3.05, 3.63) is 59.1 Å². The number of nitrogens with zero attached hydrogens (tertiary/aromatic N) is 7. The fraction of sp³-hybridized carbons (Fsp3) is 0.263. The van der Waals surface area contributed by atoms with Gasteiger partial charge in [0.25, 0.3) is 5.89 Å². The number of aromatic amines is 1. The molecule has 2 N–H and O–H groups in total. The molecule has 1 aliphatic rings. The maximum atomic E-state index is 5.90. The third-order valence-corrected chi connectivity index (χ3v) is 5.18. The second-order valence-corrected chi connectivity index (χ2v) is 7.43. The van der Waals surface area contributed by atoms with E-state index in [0.717, 1.165) is 30.2 Å². The maximum absolute atomic E-state index is 5.90. The molecule has 0 bridgehead atoms. The van der Waals surface area contributed by atoms with Crippen molar-refractivity contribution in [2.45, 2.75) is 12.3 Å². The lowest BCUT2D eigenvalue weighted by molar-refractivity contribution is 0.449. The van der Waals surface area contributed by atoms with Gasteiger partial charge in [0.1, 0.15) is 0 Å². The Bertz CT molecular complexity index is 1090. The van der Waals surface area contributed by atoms with Crippen LogP contribution >= 0.6 is 11.6 Å². The molecule has 30 heavy (non-hydrogen) atoms. The zero-order chi connectivity index (χ0) is 20.3. The molecule has 0 unspecified atom stereocenters. The van der Waals surface area contributed by atoms with Crippen molar-refractivity contribution in [3.8, 4) is 11.5 Å². The van der Waals surface area contributed by atoms with Crippen LogP contribution in [0.1, 0.15) is 17.2 Å². The molecule has 3 aromatic heterocycles. The molecule has 1 aliphatic heterocycles. The van der Waals surface area contributed by atoms with Gasteiger partial charge in [-0.3, -0.25) is 5.10 Å². The van der Waals surface area contributed by atoms with Crippen LogP contribution in [0.3, 0.4) is 0 Å². The van der Waals surface area contributed by atoms with Crippen molar-refractivity contribution in [1.82, 2.24) is 35.6 Å². The van der Waals surface area contributed by atoms with Crippen LogP contribution in [-0.2, 0) is 6.42 Å². The Hall–Kier alpha value is -3.53. The summed E-state index contributed by atoms with van der Waals surface area (Å²) in [6.07, 6.45) is 6.00. The smallest absolute Gasteiger partial charge is 0.318 e. The van der Waals surface area contributed by atoms with Gasteiger partial charge in [0.2, 0.25) is 5.95 Å². The monoisotopic (exact) mass is 423 g/mol. The molecule has 0 amide bonds. The van der Waals surface area contributed by atoms with E-state index in [2.05, 4.69) is 40.9 Å². The highest BCUT2D eigenvalue weighted by Crippen LogP contribution is 2.30. The summed E-state index contributed by atoms with van der Waals surface area (Å²) in [6, 6.07) is 8.26. The summed E-state index contributed by atoms with van der Waals surface area (Å²) >= 11 is 5.90. The number of hydrogen-bond donors (Lipinski definition) is 2. The first-order chi connectivity index (χ1) is 14.7. The predicted molar refractivity (Wildman–Crippen MR) is 110 cm³/mol. The molecule has 11 heteroatoms. The van der Waals surface area contributed by atoms with E-state index in [9.17, 15) is 0 Å².